The van der Waals surface area contributed by atoms with E-state index in [9.17, 15) is 4.79 Å². The van der Waals surface area contributed by atoms with Gasteiger partial charge >= 0.3 is 6.03 Å². The third-order valence-corrected chi connectivity index (χ3v) is 4.79. The van der Waals surface area contributed by atoms with Gasteiger partial charge in [0.25, 0.3) is 0 Å². The van der Waals surface area contributed by atoms with E-state index in [2.05, 4.69) is 26.2 Å². The maximum absolute atomic E-state index is 12.4. The van der Waals surface area contributed by atoms with Crippen LogP contribution >= 0.6 is 15.9 Å². The quantitative estimate of drug-likeness (QED) is 0.822. The second-order valence-corrected chi connectivity index (χ2v) is 7.07. The van der Waals surface area contributed by atoms with E-state index in [0.29, 0.717) is 50.0 Å². The second kappa shape index (κ2) is 7.22. The molecule has 1 aromatic carbocycles. The van der Waals surface area contributed by atoms with Crippen LogP contribution in [0.1, 0.15) is 6.42 Å². The van der Waals surface area contributed by atoms with Crippen LogP contribution in [-0.4, -0.2) is 48.0 Å². The highest BCUT2D eigenvalue weighted by Gasteiger charge is 2.44. The molecule has 26 heavy (non-hydrogen) atoms. The van der Waals surface area contributed by atoms with Gasteiger partial charge in [-0.3, -0.25) is 0 Å². The standard InChI is InChI=1S/C18H18BrN3O4/c19-13-2-1-3-15(10-13)26-16-5-4-14(11-20-16)21-17(23)22-7-6-18(12-22)24-8-9-25-18/h1-5,10-11H,6-9,12H2,(H,21,23). The van der Waals surface area contributed by atoms with Gasteiger partial charge in [-0.2, -0.15) is 0 Å². The van der Waals surface area contributed by atoms with Gasteiger partial charge in [-0.25, -0.2) is 9.78 Å². The normalized spacial score (nSPS) is 18.3. The highest BCUT2D eigenvalue weighted by molar-refractivity contribution is 9.10. The van der Waals surface area contributed by atoms with Gasteiger partial charge in [0.15, 0.2) is 5.79 Å². The number of rotatable bonds is 3. The summed E-state index contributed by atoms with van der Waals surface area (Å²) >= 11 is 3.40. The molecule has 2 saturated heterocycles. The maximum Gasteiger partial charge on any atom is 0.322 e. The average molecular weight is 420 g/mol. The molecule has 2 aliphatic heterocycles. The molecular formula is C18H18BrN3O4. The van der Waals surface area contributed by atoms with E-state index in [-0.39, 0.29) is 6.03 Å². The third kappa shape index (κ3) is 3.82. The van der Waals surface area contributed by atoms with E-state index in [1.54, 1.807) is 23.2 Å². The Hall–Kier alpha value is -2.16. The second-order valence-electron chi connectivity index (χ2n) is 6.15. The van der Waals surface area contributed by atoms with Crippen LogP contribution in [0.5, 0.6) is 11.6 Å². The monoisotopic (exact) mass is 419 g/mol. The molecule has 1 N–H and O–H groups in total. The van der Waals surface area contributed by atoms with Gasteiger partial charge in [-0.15, -0.1) is 0 Å². The van der Waals surface area contributed by atoms with Crippen LogP contribution in [0.2, 0.25) is 0 Å². The molecule has 0 aliphatic carbocycles. The van der Waals surface area contributed by atoms with Crippen LogP contribution in [0.3, 0.4) is 0 Å². The fourth-order valence-corrected chi connectivity index (χ4v) is 3.41. The SMILES string of the molecule is O=C(Nc1ccc(Oc2cccc(Br)c2)nc1)N1CCC2(C1)OCCO2. The van der Waals surface area contributed by atoms with Crippen molar-refractivity contribution in [2.24, 2.45) is 0 Å². The molecule has 2 aromatic rings. The number of carbonyl (C=O) groups excluding carboxylic acids is 1. The Bertz CT molecular complexity index is 793. The van der Waals surface area contributed by atoms with Crippen molar-refractivity contribution in [1.82, 2.24) is 9.88 Å². The first-order valence-corrected chi connectivity index (χ1v) is 9.15. The fourth-order valence-electron chi connectivity index (χ4n) is 3.03. The molecule has 0 saturated carbocycles. The molecule has 2 fully saturated rings. The summed E-state index contributed by atoms with van der Waals surface area (Å²) in [4.78, 5) is 18.3. The van der Waals surface area contributed by atoms with Crippen LogP contribution in [0.25, 0.3) is 0 Å². The number of hydrogen-bond donors (Lipinski definition) is 1. The smallest absolute Gasteiger partial charge is 0.322 e. The lowest BCUT2D eigenvalue weighted by Gasteiger charge is -2.22. The molecule has 0 unspecified atom stereocenters. The number of nitrogens with one attached hydrogen (secondary N) is 1. The summed E-state index contributed by atoms with van der Waals surface area (Å²) < 4.78 is 17.9. The van der Waals surface area contributed by atoms with Crippen molar-refractivity contribution in [1.29, 1.82) is 0 Å². The molecule has 0 bridgehead atoms. The first-order chi connectivity index (χ1) is 12.6. The molecule has 3 heterocycles. The summed E-state index contributed by atoms with van der Waals surface area (Å²) in [6.45, 7) is 2.21. The zero-order chi connectivity index (χ0) is 18.0. The Morgan fingerprint density at radius 3 is 2.85 bits per heavy atom. The van der Waals surface area contributed by atoms with Crippen molar-refractivity contribution in [2.75, 3.05) is 31.6 Å². The van der Waals surface area contributed by atoms with Crippen LogP contribution in [0.4, 0.5) is 10.5 Å². The summed E-state index contributed by atoms with van der Waals surface area (Å²) in [6.07, 6.45) is 2.26. The predicted molar refractivity (Wildman–Crippen MR) is 98.3 cm³/mol. The number of nitrogens with zero attached hydrogens (tertiary/aromatic N) is 2. The number of carbonyl (C=O) groups is 1. The molecule has 4 rings (SSSR count). The van der Waals surface area contributed by atoms with E-state index in [0.717, 1.165) is 4.47 Å². The topological polar surface area (TPSA) is 72.9 Å². The van der Waals surface area contributed by atoms with Crippen molar-refractivity contribution in [3.8, 4) is 11.6 Å². The lowest BCUT2D eigenvalue weighted by Crippen LogP contribution is -2.38. The van der Waals surface area contributed by atoms with Crippen molar-refractivity contribution in [3.05, 3.63) is 47.1 Å². The maximum atomic E-state index is 12.4. The number of urea groups is 1. The van der Waals surface area contributed by atoms with Crippen molar-refractivity contribution < 1.29 is 19.0 Å². The Morgan fingerprint density at radius 2 is 2.12 bits per heavy atom. The number of anilines is 1. The molecule has 1 spiro atoms. The number of likely N-dealkylation sites (tertiary alicyclic amines) is 1. The molecule has 2 amide bonds. The van der Waals surface area contributed by atoms with Crippen LogP contribution in [0, 0.1) is 0 Å². The molecule has 8 heteroatoms. The first-order valence-electron chi connectivity index (χ1n) is 8.35. The summed E-state index contributed by atoms with van der Waals surface area (Å²) in [5.41, 5.74) is 0.603. The number of aromatic nitrogens is 1. The lowest BCUT2D eigenvalue weighted by molar-refractivity contribution is -0.143. The number of ether oxygens (including phenoxy) is 3. The minimum Gasteiger partial charge on any atom is -0.439 e. The van der Waals surface area contributed by atoms with Crippen molar-refractivity contribution in [3.63, 3.8) is 0 Å². The highest BCUT2D eigenvalue weighted by atomic mass is 79.9. The third-order valence-electron chi connectivity index (χ3n) is 4.30. The zero-order valence-corrected chi connectivity index (χ0v) is 15.6. The molecule has 0 atom stereocenters. The molecule has 1 aromatic heterocycles. The van der Waals surface area contributed by atoms with E-state index in [1.807, 2.05) is 24.3 Å². The van der Waals surface area contributed by atoms with Gasteiger partial charge in [-0.05, 0) is 24.3 Å². The van der Waals surface area contributed by atoms with E-state index >= 15 is 0 Å². The first kappa shape index (κ1) is 17.3. The summed E-state index contributed by atoms with van der Waals surface area (Å²) in [5, 5.41) is 2.84. The number of pyridine rings is 1. The van der Waals surface area contributed by atoms with Crippen LogP contribution in [-0.2, 0) is 9.47 Å². The largest absolute Gasteiger partial charge is 0.439 e. The van der Waals surface area contributed by atoms with E-state index in [1.165, 1.54) is 0 Å². The minimum atomic E-state index is -0.614. The number of halogens is 1. The molecule has 136 valence electrons. The number of amides is 2. The molecule has 7 nitrogen and oxygen atoms in total. The molecule has 0 radical (unpaired) electrons. The Kier molecular flexibility index (Phi) is 4.80. The predicted octanol–water partition coefficient (Wildman–Crippen LogP) is 3.62. The van der Waals surface area contributed by atoms with Crippen molar-refractivity contribution >= 4 is 27.6 Å². The summed E-state index contributed by atoms with van der Waals surface area (Å²) in [6, 6.07) is 10.8. The van der Waals surface area contributed by atoms with Gasteiger partial charge in [0.2, 0.25) is 5.88 Å². The average Bonchev–Trinajstić information content (AvgIpc) is 3.27. The van der Waals surface area contributed by atoms with Gasteiger partial charge in [0.05, 0.1) is 31.6 Å². The molecular weight excluding hydrogens is 402 g/mol. The zero-order valence-electron chi connectivity index (χ0n) is 14.0. The Balaban J connectivity index is 1.34. The Labute approximate surface area is 159 Å². The van der Waals surface area contributed by atoms with Gasteiger partial charge in [-0.1, -0.05) is 22.0 Å². The van der Waals surface area contributed by atoms with Crippen LogP contribution < -0.4 is 10.1 Å². The van der Waals surface area contributed by atoms with E-state index < -0.39 is 5.79 Å². The number of benzene rings is 1. The summed E-state index contributed by atoms with van der Waals surface area (Å²) in [7, 11) is 0. The van der Waals surface area contributed by atoms with Gasteiger partial charge in [0.1, 0.15) is 5.75 Å². The highest BCUT2D eigenvalue weighted by Crippen LogP contribution is 2.31. The van der Waals surface area contributed by atoms with E-state index in [4.69, 9.17) is 14.2 Å². The van der Waals surface area contributed by atoms with Crippen molar-refractivity contribution in [2.45, 2.75) is 12.2 Å². The minimum absolute atomic E-state index is 0.191. The number of hydrogen-bond acceptors (Lipinski definition) is 5. The van der Waals surface area contributed by atoms with Gasteiger partial charge < -0.3 is 24.4 Å². The fraction of sp³-hybridized carbons (Fsp3) is 0.333. The summed E-state index contributed by atoms with van der Waals surface area (Å²) in [5.74, 6) is 0.522. The van der Waals surface area contributed by atoms with Gasteiger partial charge in [0, 0.05) is 23.5 Å². The van der Waals surface area contributed by atoms with Crippen LogP contribution in [0.15, 0.2) is 47.1 Å². The lowest BCUT2D eigenvalue weighted by atomic mass is 10.2. The Morgan fingerprint density at radius 1 is 1.27 bits per heavy atom. The molecule has 2 aliphatic rings.